The number of benzene rings is 1. The van der Waals surface area contributed by atoms with Crippen molar-refractivity contribution in [3.8, 4) is 11.5 Å². The number of carbonyl (C=O) groups is 2. The van der Waals surface area contributed by atoms with Crippen LogP contribution in [-0.2, 0) is 9.59 Å². The molecule has 1 saturated heterocycles. The fourth-order valence-electron chi connectivity index (χ4n) is 2.61. The molecule has 6 heteroatoms. The van der Waals surface area contributed by atoms with E-state index >= 15 is 0 Å². The molecule has 0 spiro atoms. The highest BCUT2D eigenvalue weighted by molar-refractivity contribution is 5.90. The molecule has 0 saturated carbocycles. The summed E-state index contributed by atoms with van der Waals surface area (Å²) in [6, 6.07) is 5.04. The van der Waals surface area contributed by atoms with E-state index in [4.69, 9.17) is 9.47 Å². The van der Waals surface area contributed by atoms with Gasteiger partial charge in [-0.2, -0.15) is 0 Å². The Morgan fingerprint density at radius 3 is 2.83 bits per heavy atom. The van der Waals surface area contributed by atoms with Crippen molar-refractivity contribution in [1.82, 2.24) is 10.6 Å². The molecule has 2 amide bonds. The lowest BCUT2D eigenvalue weighted by Crippen LogP contribution is -2.42. The van der Waals surface area contributed by atoms with Crippen LogP contribution in [0.5, 0.6) is 11.5 Å². The van der Waals surface area contributed by atoms with Gasteiger partial charge in [-0.1, -0.05) is 19.4 Å². The van der Waals surface area contributed by atoms with Gasteiger partial charge in [0.25, 0.3) is 0 Å². The number of hydrogen-bond donors (Lipinski definition) is 2. The van der Waals surface area contributed by atoms with Crippen LogP contribution in [0.3, 0.4) is 0 Å². The molecule has 1 aliphatic heterocycles. The van der Waals surface area contributed by atoms with Crippen molar-refractivity contribution in [2.75, 3.05) is 13.7 Å². The fourth-order valence-corrected chi connectivity index (χ4v) is 2.61. The van der Waals surface area contributed by atoms with Crippen molar-refractivity contribution < 1.29 is 19.1 Å². The minimum atomic E-state index is -0.432. The van der Waals surface area contributed by atoms with Gasteiger partial charge in [0.2, 0.25) is 11.8 Å². The Balaban J connectivity index is 1.99. The molecule has 1 heterocycles. The van der Waals surface area contributed by atoms with Gasteiger partial charge in [0.15, 0.2) is 11.5 Å². The summed E-state index contributed by atoms with van der Waals surface area (Å²) in [6.45, 7) is 4.67. The van der Waals surface area contributed by atoms with Crippen molar-refractivity contribution in [3.05, 3.63) is 23.8 Å². The number of carbonyl (C=O) groups excluding carboxylic acids is 2. The van der Waals surface area contributed by atoms with Gasteiger partial charge in [0, 0.05) is 6.42 Å². The standard InChI is InChI=1S/C18H26N2O4/c1-4-5-10-24-15-8-6-13(11-16(15)23-3)12(2)19-18(22)14-7-9-17(21)20-14/h6,8,11-12,14H,4-5,7,9-10H2,1-3H3,(H,19,22)(H,20,21)/t12-,14-/m1/s1. The van der Waals surface area contributed by atoms with Gasteiger partial charge in [-0.3, -0.25) is 9.59 Å². The van der Waals surface area contributed by atoms with Crippen molar-refractivity contribution >= 4 is 11.8 Å². The molecule has 2 atom stereocenters. The lowest BCUT2D eigenvalue weighted by atomic mass is 10.1. The summed E-state index contributed by atoms with van der Waals surface area (Å²) < 4.78 is 11.1. The van der Waals surface area contributed by atoms with Crippen LogP contribution in [0, 0.1) is 0 Å². The van der Waals surface area contributed by atoms with Gasteiger partial charge < -0.3 is 20.1 Å². The molecule has 2 rings (SSSR count). The predicted molar refractivity (Wildman–Crippen MR) is 91.1 cm³/mol. The zero-order valence-electron chi connectivity index (χ0n) is 14.6. The molecule has 1 aliphatic rings. The molecular weight excluding hydrogens is 308 g/mol. The Labute approximate surface area is 142 Å². The second-order valence-corrected chi connectivity index (χ2v) is 6.00. The van der Waals surface area contributed by atoms with Crippen molar-refractivity contribution in [1.29, 1.82) is 0 Å². The van der Waals surface area contributed by atoms with Crippen LogP contribution < -0.4 is 20.1 Å². The number of ether oxygens (including phenoxy) is 2. The Bertz CT molecular complexity index is 588. The third kappa shape index (κ3) is 4.63. The third-order valence-corrected chi connectivity index (χ3v) is 4.11. The van der Waals surface area contributed by atoms with E-state index in [1.165, 1.54) is 0 Å². The van der Waals surface area contributed by atoms with E-state index < -0.39 is 6.04 Å². The molecule has 1 aromatic rings. The highest BCUT2D eigenvalue weighted by atomic mass is 16.5. The minimum absolute atomic E-state index is 0.0712. The van der Waals surface area contributed by atoms with Crippen LogP contribution in [0.15, 0.2) is 18.2 Å². The first-order valence-electron chi connectivity index (χ1n) is 8.45. The van der Waals surface area contributed by atoms with Crippen LogP contribution in [0.2, 0.25) is 0 Å². The van der Waals surface area contributed by atoms with Gasteiger partial charge in [-0.15, -0.1) is 0 Å². The Hall–Kier alpha value is -2.24. The van der Waals surface area contributed by atoms with E-state index in [1.54, 1.807) is 7.11 Å². The summed E-state index contributed by atoms with van der Waals surface area (Å²) in [5.74, 6) is 1.13. The number of nitrogens with one attached hydrogen (secondary N) is 2. The molecule has 24 heavy (non-hydrogen) atoms. The Morgan fingerprint density at radius 2 is 2.21 bits per heavy atom. The van der Waals surface area contributed by atoms with Gasteiger partial charge in [-0.25, -0.2) is 0 Å². The number of amides is 2. The zero-order valence-corrected chi connectivity index (χ0v) is 14.6. The van der Waals surface area contributed by atoms with Gasteiger partial charge in [0.05, 0.1) is 19.8 Å². The first kappa shape index (κ1) is 18.1. The molecular formula is C18H26N2O4. The number of hydrogen-bond acceptors (Lipinski definition) is 4. The van der Waals surface area contributed by atoms with E-state index in [1.807, 2.05) is 25.1 Å². The topological polar surface area (TPSA) is 76.7 Å². The Morgan fingerprint density at radius 1 is 1.42 bits per heavy atom. The quantitative estimate of drug-likeness (QED) is 0.715. The predicted octanol–water partition coefficient (Wildman–Crippen LogP) is 2.33. The largest absolute Gasteiger partial charge is 0.493 e. The van der Waals surface area contributed by atoms with E-state index in [-0.39, 0.29) is 17.9 Å². The first-order chi connectivity index (χ1) is 11.5. The number of rotatable bonds is 8. The molecule has 0 radical (unpaired) electrons. The van der Waals surface area contributed by atoms with Crippen molar-refractivity contribution in [2.24, 2.45) is 0 Å². The normalized spacial score (nSPS) is 18.0. The van der Waals surface area contributed by atoms with E-state index in [0.717, 1.165) is 18.4 Å². The maximum atomic E-state index is 12.2. The summed E-state index contributed by atoms with van der Waals surface area (Å²) >= 11 is 0. The third-order valence-electron chi connectivity index (χ3n) is 4.11. The Kier molecular flexibility index (Phi) is 6.46. The minimum Gasteiger partial charge on any atom is -0.493 e. The summed E-state index contributed by atoms with van der Waals surface area (Å²) in [4.78, 5) is 23.4. The van der Waals surface area contributed by atoms with Gasteiger partial charge in [0.1, 0.15) is 6.04 Å². The fraction of sp³-hybridized carbons (Fsp3) is 0.556. The number of methoxy groups -OCH3 is 1. The molecule has 1 fully saturated rings. The summed E-state index contributed by atoms with van der Waals surface area (Å²) in [6.07, 6.45) is 3.01. The van der Waals surface area contributed by atoms with Crippen molar-refractivity contribution in [2.45, 2.75) is 51.6 Å². The van der Waals surface area contributed by atoms with Crippen LogP contribution in [0.25, 0.3) is 0 Å². The van der Waals surface area contributed by atoms with Crippen LogP contribution in [-0.4, -0.2) is 31.6 Å². The SMILES string of the molecule is CCCCOc1ccc([C@@H](C)NC(=O)[C@H]2CCC(=O)N2)cc1OC. The van der Waals surface area contributed by atoms with Gasteiger partial charge in [-0.05, 0) is 37.5 Å². The maximum Gasteiger partial charge on any atom is 0.243 e. The second-order valence-electron chi connectivity index (χ2n) is 6.00. The average Bonchev–Trinajstić information content (AvgIpc) is 3.01. The van der Waals surface area contributed by atoms with Crippen LogP contribution in [0.1, 0.15) is 51.1 Å². The lowest BCUT2D eigenvalue weighted by molar-refractivity contribution is -0.126. The maximum absolute atomic E-state index is 12.2. The summed E-state index contributed by atoms with van der Waals surface area (Å²) in [7, 11) is 1.60. The number of unbranched alkanes of at least 4 members (excludes halogenated alkanes) is 1. The molecule has 6 nitrogen and oxygen atoms in total. The smallest absolute Gasteiger partial charge is 0.243 e. The van der Waals surface area contributed by atoms with Crippen LogP contribution in [0.4, 0.5) is 0 Å². The molecule has 132 valence electrons. The highest BCUT2D eigenvalue weighted by Gasteiger charge is 2.28. The molecule has 0 aliphatic carbocycles. The highest BCUT2D eigenvalue weighted by Crippen LogP contribution is 2.30. The van der Waals surface area contributed by atoms with E-state index in [0.29, 0.717) is 30.9 Å². The molecule has 0 aromatic heterocycles. The van der Waals surface area contributed by atoms with E-state index in [2.05, 4.69) is 17.6 Å². The second kappa shape index (κ2) is 8.57. The van der Waals surface area contributed by atoms with Crippen molar-refractivity contribution in [3.63, 3.8) is 0 Å². The summed E-state index contributed by atoms with van der Waals surface area (Å²) in [5.41, 5.74) is 0.923. The van der Waals surface area contributed by atoms with Crippen LogP contribution >= 0.6 is 0 Å². The zero-order chi connectivity index (χ0) is 17.5. The molecule has 0 bridgehead atoms. The van der Waals surface area contributed by atoms with E-state index in [9.17, 15) is 9.59 Å². The monoisotopic (exact) mass is 334 g/mol. The molecule has 0 unspecified atom stereocenters. The average molecular weight is 334 g/mol. The lowest BCUT2D eigenvalue weighted by Gasteiger charge is -2.19. The summed E-state index contributed by atoms with van der Waals surface area (Å²) in [5, 5.41) is 5.61. The first-order valence-corrected chi connectivity index (χ1v) is 8.45. The molecule has 2 N–H and O–H groups in total. The van der Waals surface area contributed by atoms with Gasteiger partial charge >= 0.3 is 0 Å². The molecule has 1 aromatic carbocycles.